The Morgan fingerprint density at radius 1 is 1.29 bits per heavy atom. The van der Waals surface area contributed by atoms with Gasteiger partial charge in [-0.3, -0.25) is 4.79 Å². The molecule has 0 spiro atoms. The van der Waals surface area contributed by atoms with Crippen molar-refractivity contribution in [2.45, 2.75) is 24.8 Å². The summed E-state index contributed by atoms with van der Waals surface area (Å²) in [4.78, 5) is 15.9. The van der Waals surface area contributed by atoms with Crippen molar-refractivity contribution in [3.05, 3.63) is 55.1 Å². The molecular formula is C16H15Br2NOS. The van der Waals surface area contributed by atoms with Gasteiger partial charge in [-0.15, -0.1) is 11.3 Å². The zero-order valence-electron chi connectivity index (χ0n) is 11.6. The third-order valence-corrected chi connectivity index (χ3v) is 6.07. The third-order valence-electron chi connectivity index (χ3n) is 3.90. The van der Waals surface area contributed by atoms with Crippen molar-refractivity contribution in [3.8, 4) is 0 Å². The third kappa shape index (κ3) is 3.10. The number of likely N-dealkylation sites (N-methyl/N-ethyl adjacent to an activating group) is 1. The van der Waals surface area contributed by atoms with Gasteiger partial charge in [0.2, 0.25) is 5.91 Å². The molecule has 1 aromatic heterocycles. The fraction of sp³-hybridized carbons (Fsp3) is 0.312. The van der Waals surface area contributed by atoms with E-state index >= 15 is 0 Å². The minimum atomic E-state index is -0.299. The van der Waals surface area contributed by atoms with Crippen LogP contribution in [0.4, 0.5) is 0 Å². The first-order valence-corrected chi connectivity index (χ1v) is 9.22. The fourth-order valence-electron chi connectivity index (χ4n) is 2.64. The molecule has 1 saturated carbocycles. The second kappa shape index (κ2) is 5.86. The minimum absolute atomic E-state index is 0.227. The first-order valence-electron chi connectivity index (χ1n) is 6.76. The Morgan fingerprint density at radius 3 is 2.62 bits per heavy atom. The van der Waals surface area contributed by atoms with Crippen molar-refractivity contribution in [2.24, 2.45) is 0 Å². The molecule has 3 rings (SSSR count). The van der Waals surface area contributed by atoms with E-state index in [9.17, 15) is 4.79 Å². The summed E-state index contributed by atoms with van der Waals surface area (Å²) in [5, 5.41) is 2.05. The zero-order valence-corrected chi connectivity index (χ0v) is 15.6. The smallest absolute Gasteiger partial charge is 0.233 e. The molecule has 1 aliphatic carbocycles. The normalized spacial score (nSPS) is 15.8. The highest BCUT2D eigenvalue weighted by molar-refractivity contribution is 9.10. The van der Waals surface area contributed by atoms with Gasteiger partial charge < -0.3 is 4.90 Å². The molecule has 0 radical (unpaired) electrons. The molecular weight excluding hydrogens is 414 g/mol. The Balaban J connectivity index is 1.78. The molecule has 0 unspecified atom stereocenters. The average molecular weight is 429 g/mol. The van der Waals surface area contributed by atoms with Crippen LogP contribution < -0.4 is 0 Å². The average Bonchev–Trinajstić information content (AvgIpc) is 3.17. The number of hydrogen-bond acceptors (Lipinski definition) is 2. The molecule has 1 aromatic carbocycles. The molecule has 0 saturated heterocycles. The Hall–Kier alpha value is -0.650. The second-order valence-electron chi connectivity index (χ2n) is 5.48. The summed E-state index contributed by atoms with van der Waals surface area (Å²) in [6.07, 6.45) is 1.89. The van der Waals surface area contributed by atoms with Crippen LogP contribution in [0.15, 0.2) is 44.7 Å². The Bertz CT molecular complexity index is 678. The van der Waals surface area contributed by atoms with Crippen molar-refractivity contribution >= 4 is 49.1 Å². The van der Waals surface area contributed by atoms with Gasteiger partial charge in [0.05, 0.1) is 12.0 Å². The van der Waals surface area contributed by atoms with Gasteiger partial charge >= 0.3 is 0 Å². The lowest BCUT2D eigenvalue weighted by molar-refractivity contribution is -0.133. The molecule has 1 heterocycles. The lowest BCUT2D eigenvalue weighted by Gasteiger charge is -2.23. The largest absolute Gasteiger partial charge is 0.340 e. The molecule has 1 fully saturated rings. The van der Waals surface area contributed by atoms with Gasteiger partial charge in [0.15, 0.2) is 0 Å². The van der Waals surface area contributed by atoms with E-state index in [1.165, 1.54) is 4.88 Å². The van der Waals surface area contributed by atoms with Crippen LogP contribution in [-0.2, 0) is 16.8 Å². The highest BCUT2D eigenvalue weighted by Gasteiger charge is 2.52. The predicted octanol–water partition coefficient (Wildman–Crippen LogP) is 4.96. The van der Waals surface area contributed by atoms with Crippen LogP contribution >= 0.6 is 43.2 Å². The van der Waals surface area contributed by atoms with E-state index in [0.29, 0.717) is 6.54 Å². The fourth-order valence-corrected chi connectivity index (χ4v) is 4.55. The maximum absolute atomic E-state index is 12.9. The van der Waals surface area contributed by atoms with Gasteiger partial charge in [-0.05, 0) is 52.5 Å². The van der Waals surface area contributed by atoms with Gasteiger partial charge in [-0.25, -0.2) is 0 Å². The summed E-state index contributed by atoms with van der Waals surface area (Å²) < 4.78 is 2.11. The van der Waals surface area contributed by atoms with E-state index < -0.39 is 0 Å². The van der Waals surface area contributed by atoms with Crippen molar-refractivity contribution in [2.75, 3.05) is 7.05 Å². The number of thiophene rings is 1. The van der Waals surface area contributed by atoms with Crippen LogP contribution in [0.5, 0.6) is 0 Å². The molecule has 0 aliphatic heterocycles. The lowest BCUT2D eigenvalue weighted by Crippen LogP contribution is -2.35. The van der Waals surface area contributed by atoms with Crippen LogP contribution in [0.25, 0.3) is 0 Å². The van der Waals surface area contributed by atoms with Gasteiger partial charge in [0.1, 0.15) is 0 Å². The predicted molar refractivity (Wildman–Crippen MR) is 93.5 cm³/mol. The van der Waals surface area contributed by atoms with E-state index in [-0.39, 0.29) is 11.3 Å². The second-order valence-corrected chi connectivity index (χ2v) is 8.31. The van der Waals surface area contributed by atoms with Crippen molar-refractivity contribution in [1.29, 1.82) is 0 Å². The monoisotopic (exact) mass is 427 g/mol. The maximum Gasteiger partial charge on any atom is 0.233 e. The van der Waals surface area contributed by atoms with Gasteiger partial charge in [0, 0.05) is 26.3 Å². The van der Waals surface area contributed by atoms with Crippen LogP contribution in [0.3, 0.4) is 0 Å². The molecule has 1 aliphatic rings. The molecule has 2 aromatic rings. The van der Waals surface area contributed by atoms with E-state index in [2.05, 4.69) is 55.4 Å². The van der Waals surface area contributed by atoms with E-state index in [4.69, 9.17) is 0 Å². The number of halogens is 2. The van der Waals surface area contributed by atoms with E-state index in [1.807, 2.05) is 24.1 Å². The van der Waals surface area contributed by atoms with Crippen molar-refractivity contribution in [3.63, 3.8) is 0 Å². The number of nitrogens with zero attached hydrogens (tertiary/aromatic N) is 1. The minimum Gasteiger partial charge on any atom is -0.340 e. The summed E-state index contributed by atoms with van der Waals surface area (Å²) in [6, 6.07) is 10.2. The topological polar surface area (TPSA) is 20.3 Å². The molecule has 110 valence electrons. The first-order chi connectivity index (χ1) is 10.0. The summed E-state index contributed by atoms with van der Waals surface area (Å²) in [5.41, 5.74) is 0.827. The summed E-state index contributed by atoms with van der Waals surface area (Å²) >= 11 is 8.63. The number of hydrogen-bond donors (Lipinski definition) is 0. The lowest BCUT2D eigenvalue weighted by atomic mass is 9.94. The van der Waals surface area contributed by atoms with Crippen molar-refractivity contribution < 1.29 is 4.79 Å². The number of benzene rings is 1. The molecule has 5 heteroatoms. The number of carbonyl (C=O) groups is 1. The Morgan fingerprint density at radius 2 is 2.05 bits per heavy atom. The standard InChI is InChI=1S/C16H15Br2NOS/c1-19(9-14-8-13(18)10-21-14)15(20)16(5-6-16)11-3-2-4-12(17)7-11/h2-4,7-8,10H,5-6,9H2,1H3. The summed E-state index contributed by atoms with van der Waals surface area (Å²) in [7, 11) is 1.90. The number of amides is 1. The van der Waals surface area contributed by atoms with E-state index in [0.717, 1.165) is 27.4 Å². The van der Waals surface area contributed by atoms with Crippen molar-refractivity contribution in [1.82, 2.24) is 4.90 Å². The Labute approximate surface area is 145 Å². The molecule has 0 atom stereocenters. The van der Waals surface area contributed by atoms with Gasteiger partial charge in [-0.1, -0.05) is 28.1 Å². The molecule has 2 nitrogen and oxygen atoms in total. The van der Waals surface area contributed by atoms with E-state index in [1.54, 1.807) is 11.3 Å². The molecule has 21 heavy (non-hydrogen) atoms. The summed E-state index contributed by atoms with van der Waals surface area (Å²) in [6.45, 7) is 0.671. The zero-order chi connectivity index (χ0) is 15.0. The number of carbonyl (C=O) groups excluding carboxylic acids is 1. The number of rotatable bonds is 4. The van der Waals surface area contributed by atoms with Crippen LogP contribution in [-0.4, -0.2) is 17.9 Å². The molecule has 0 bridgehead atoms. The van der Waals surface area contributed by atoms with Crippen LogP contribution in [0.2, 0.25) is 0 Å². The van der Waals surface area contributed by atoms with Gasteiger partial charge in [-0.2, -0.15) is 0 Å². The van der Waals surface area contributed by atoms with Crippen LogP contribution in [0.1, 0.15) is 23.3 Å². The summed E-state index contributed by atoms with van der Waals surface area (Å²) in [5.74, 6) is 0.227. The van der Waals surface area contributed by atoms with Crippen LogP contribution in [0, 0.1) is 0 Å². The molecule has 0 N–H and O–H groups in total. The van der Waals surface area contributed by atoms with Gasteiger partial charge in [0.25, 0.3) is 0 Å². The Kier molecular flexibility index (Phi) is 4.26. The molecule has 1 amide bonds. The first kappa shape index (κ1) is 15.3. The maximum atomic E-state index is 12.9. The highest BCUT2D eigenvalue weighted by Crippen LogP contribution is 2.50. The SMILES string of the molecule is CN(Cc1cc(Br)cs1)C(=O)C1(c2cccc(Br)c2)CC1. The highest BCUT2D eigenvalue weighted by atomic mass is 79.9. The quantitative estimate of drug-likeness (QED) is 0.673.